The summed E-state index contributed by atoms with van der Waals surface area (Å²) in [6.45, 7) is 6.48. The highest BCUT2D eigenvalue weighted by Gasteiger charge is 2.26. The van der Waals surface area contributed by atoms with Crippen molar-refractivity contribution in [3.8, 4) is 0 Å². The maximum atomic E-state index is 12.1. The van der Waals surface area contributed by atoms with Crippen molar-refractivity contribution in [2.75, 3.05) is 13.2 Å². The summed E-state index contributed by atoms with van der Waals surface area (Å²) in [5.41, 5.74) is 0.676. The summed E-state index contributed by atoms with van der Waals surface area (Å²) < 4.78 is 0. The fraction of sp³-hybridized carbons (Fsp3) is 0.600. The van der Waals surface area contributed by atoms with Crippen LogP contribution in [-0.4, -0.2) is 29.1 Å². The topological polar surface area (TPSA) is 82.2 Å². The zero-order chi connectivity index (χ0) is 15.2. The van der Waals surface area contributed by atoms with E-state index in [1.807, 2.05) is 0 Å². The third kappa shape index (κ3) is 4.20. The van der Waals surface area contributed by atoms with Crippen LogP contribution in [0.1, 0.15) is 49.2 Å². The monoisotopic (exact) mass is 280 g/mol. The molecule has 0 spiro atoms. The molecule has 5 nitrogen and oxygen atoms in total. The molecular formula is C15H24N2O3. The number of aryl methyl sites for hydroxylation is 1. The van der Waals surface area contributed by atoms with Gasteiger partial charge in [-0.05, 0) is 37.7 Å². The standard InChI is InChI=1S/C15H24N2O3/c1-4-15(5-2,6-7-18)10-16-14(20)12-8-11(3)17-13(19)9-12/h8-9,18H,4-7,10H2,1-3H3,(H,16,20)(H,17,19). The molecule has 1 aromatic heterocycles. The zero-order valence-electron chi connectivity index (χ0n) is 12.5. The number of aliphatic hydroxyl groups is 1. The molecule has 0 aliphatic carbocycles. The number of carbonyl (C=O) groups excluding carboxylic acids is 1. The molecule has 1 rings (SSSR count). The van der Waals surface area contributed by atoms with E-state index in [-0.39, 0.29) is 23.5 Å². The van der Waals surface area contributed by atoms with Crippen molar-refractivity contribution in [2.45, 2.75) is 40.0 Å². The van der Waals surface area contributed by atoms with E-state index in [0.29, 0.717) is 24.2 Å². The molecule has 20 heavy (non-hydrogen) atoms. The van der Waals surface area contributed by atoms with E-state index in [1.54, 1.807) is 13.0 Å². The number of aromatic nitrogens is 1. The zero-order valence-corrected chi connectivity index (χ0v) is 12.5. The first-order valence-corrected chi connectivity index (χ1v) is 7.06. The van der Waals surface area contributed by atoms with Gasteiger partial charge in [0.2, 0.25) is 5.56 Å². The predicted octanol–water partition coefficient (Wildman–Crippen LogP) is 1.60. The Bertz CT molecular complexity index is 504. The van der Waals surface area contributed by atoms with Crippen LogP contribution in [0.5, 0.6) is 0 Å². The van der Waals surface area contributed by atoms with Crippen molar-refractivity contribution in [3.63, 3.8) is 0 Å². The van der Waals surface area contributed by atoms with Crippen molar-refractivity contribution in [1.29, 1.82) is 0 Å². The molecule has 3 N–H and O–H groups in total. The number of hydrogen-bond donors (Lipinski definition) is 3. The third-order valence-electron chi connectivity index (χ3n) is 4.01. The summed E-state index contributed by atoms with van der Waals surface area (Å²) in [6.07, 6.45) is 2.44. The highest BCUT2D eigenvalue weighted by atomic mass is 16.3. The van der Waals surface area contributed by atoms with Gasteiger partial charge in [0.25, 0.3) is 5.91 Å². The third-order valence-corrected chi connectivity index (χ3v) is 4.01. The Morgan fingerprint density at radius 3 is 2.50 bits per heavy atom. The Kier molecular flexibility index (Phi) is 5.95. The Morgan fingerprint density at radius 1 is 1.35 bits per heavy atom. The normalized spacial score (nSPS) is 11.4. The lowest BCUT2D eigenvalue weighted by atomic mass is 9.79. The molecule has 0 aromatic carbocycles. The quantitative estimate of drug-likeness (QED) is 0.709. The SMILES string of the molecule is CCC(CC)(CCO)CNC(=O)c1cc(C)[nH]c(=O)c1. The summed E-state index contributed by atoms with van der Waals surface area (Å²) in [7, 11) is 0. The molecule has 0 bridgehead atoms. The first kappa shape index (κ1) is 16.4. The lowest BCUT2D eigenvalue weighted by Gasteiger charge is -2.31. The van der Waals surface area contributed by atoms with E-state index in [4.69, 9.17) is 5.11 Å². The van der Waals surface area contributed by atoms with E-state index >= 15 is 0 Å². The van der Waals surface area contributed by atoms with Crippen LogP contribution in [0.4, 0.5) is 0 Å². The molecule has 0 aliphatic rings. The van der Waals surface area contributed by atoms with Crippen LogP contribution in [0.2, 0.25) is 0 Å². The van der Waals surface area contributed by atoms with Crippen molar-refractivity contribution in [3.05, 3.63) is 33.7 Å². The molecular weight excluding hydrogens is 256 g/mol. The highest BCUT2D eigenvalue weighted by molar-refractivity contribution is 5.94. The van der Waals surface area contributed by atoms with Crippen molar-refractivity contribution >= 4 is 5.91 Å². The summed E-state index contributed by atoms with van der Waals surface area (Å²) in [5.74, 6) is -0.247. The number of hydrogen-bond acceptors (Lipinski definition) is 3. The van der Waals surface area contributed by atoms with Gasteiger partial charge in [0.05, 0.1) is 0 Å². The van der Waals surface area contributed by atoms with Gasteiger partial charge >= 0.3 is 0 Å². The lowest BCUT2D eigenvalue weighted by Crippen LogP contribution is -2.38. The molecule has 0 aliphatic heterocycles. The van der Waals surface area contributed by atoms with Crippen LogP contribution in [0, 0.1) is 12.3 Å². The predicted molar refractivity (Wildman–Crippen MR) is 78.9 cm³/mol. The first-order chi connectivity index (χ1) is 9.46. The summed E-state index contributed by atoms with van der Waals surface area (Å²) in [5, 5.41) is 12.0. The maximum Gasteiger partial charge on any atom is 0.251 e. The largest absolute Gasteiger partial charge is 0.396 e. The number of aliphatic hydroxyl groups excluding tert-OH is 1. The van der Waals surface area contributed by atoms with Crippen LogP contribution >= 0.6 is 0 Å². The summed E-state index contributed by atoms with van der Waals surface area (Å²) >= 11 is 0. The van der Waals surface area contributed by atoms with E-state index in [0.717, 1.165) is 12.8 Å². The number of carbonyl (C=O) groups is 1. The summed E-state index contributed by atoms with van der Waals surface area (Å²) in [6, 6.07) is 2.95. The molecule has 1 amide bonds. The van der Waals surface area contributed by atoms with Gasteiger partial charge < -0.3 is 15.4 Å². The molecule has 5 heteroatoms. The van der Waals surface area contributed by atoms with E-state index in [2.05, 4.69) is 24.1 Å². The second kappa shape index (κ2) is 7.24. The first-order valence-electron chi connectivity index (χ1n) is 7.06. The van der Waals surface area contributed by atoms with Crippen LogP contribution in [0.15, 0.2) is 16.9 Å². The second-order valence-corrected chi connectivity index (χ2v) is 5.28. The van der Waals surface area contributed by atoms with Gasteiger partial charge in [0.15, 0.2) is 0 Å². The Hall–Kier alpha value is -1.62. The molecule has 0 saturated heterocycles. The van der Waals surface area contributed by atoms with E-state index in [1.165, 1.54) is 6.07 Å². The van der Waals surface area contributed by atoms with Gasteiger partial charge in [0.1, 0.15) is 0 Å². The van der Waals surface area contributed by atoms with Gasteiger partial charge in [-0.2, -0.15) is 0 Å². The van der Waals surface area contributed by atoms with Crippen LogP contribution < -0.4 is 10.9 Å². The highest BCUT2D eigenvalue weighted by Crippen LogP contribution is 2.29. The number of rotatable bonds is 7. The molecule has 0 fully saturated rings. The lowest BCUT2D eigenvalue weighted by molar-refractivity contribution is 0.0907. The van der Waals surface area contributed by atoms with Crippen molar-refractivity contribution < 1.29 is 9.90 Å². The average molecular weight is 280 g/mol. The fourth-order valence-electron chi connectivity index (χ4n) is 2.36. The van der Waals surface area contributed by atoms with E-state index < -0.39 is 0 Å². The molecule has 0 radical (unpaired) electrons. The van der Waals surface area contributed by atoms with Crippen molar-refractivity contribution in [1.82, 2.24) is 10.3 Å². The van der Waals surface area contributed by atoms with Crippen LogP contribution in [0.25, 0.3) is 0 Å². The fourth-order valence-corrected chi connectivity index (χ4v) is 2.36. The number of H-pyrrole nitrogens is 1. The number of nitrogens with one attached hydrogen (secondary N) is 2. The summed E-state index contributed by atoms with van der Waals surface area (Å²) in [4.78, 5) is 26.1. The average Bonchev–Trinajstić information content (AvgIpc) is 2.42. The minimum absolute atomic E-state index is 0.0827. The molecule has 0 saturated carbocycles. The molecule has 0 unspecified atom stereocenters. The van der Waals surface area contributed by atoms with Gasteiger partial charge in [-0.25, -0.2) is 0 Å². The second-order valence-electron chi connectivity index (χ2n) is 5.28. The van der Waals surface area contributed by atoms with Gasteiger partial charge in [0, 0.05) is 30.5 Å². The van der Waals surface area contributed by atoms with Gasteiger partial charge in [-0.1, -0.05) is 13.8 Å². The molecule has 1 heterocycles. The number of aromatic amines is 1. The Labute approximate surface area is 119 Å². The van der Waals surface area contributed by atoms with Crippen LogP contribution in [-0.2, 0) is 0 Å². The smallest absolute Gasteiger partial charge is 0.251 e. The molecule has 0 atom stereocenters. The minimum atomic E-state index is -0.275. The van der Waals surface area contributed by atoms with Crippen molar-refractivity contribution in [2.24, 2.45) is 5.41 Å². The van der Waals surface area contributed by atoms with E-state index in [9.17, 15) is 9.59 Å². The number of amides is 1. The number of pyridine rings is 1. The Morgan fingerprint density at radius 2 is 2.00 bits per heavy atom. The van der Waals surface area contributed by atoms with Crippen LogP contribution in [0.3, 0.4) is 0 Å². The maximum absolute atomic E-state index is 12.1. The van der Waals surface area contributed by atoms with Gasteiger partial charge in [-0.15, -0.1) is 0 Å². The Balaban J connectivity index is 2.77. The molecule has 112 valence electrons. The molecule has 1 aromatic rings. The minimum Gasteiger partial charge on any atom is -0.396 e. The van der Waals surface area contributed by atoms with Gasteiger partial charge in [-0.3, -0.25) is 9.59 Å².